The zero-order chi connectivity index (χ0) is 14.1. The maximum Gasteiger partial charge on any atom is 0.330 e. The fourth-order valence-corrected chi connectivity index (χ4v) is 1.21. The predicted octanol–water partition coefficient (Wildman–Crippen LogP) is 4.08. The van der Waals surface area contributed by atoms with Crippen LogP contribution in [0.2, 0.25) is 0 Å². The molecule has 0 bridgehead atoms. The van der Waals surface area contributed by atoms with Crippen molar-refractivity contribution in [1.29, 1.82) is 0 Å². The number of hydrogen-bond acceptors (Lipinski definition) is 2. The number of hydrogen-bond donors (Lipinski definition) is 2. The van der Waals surface area contributed by atoms with Gasteiger partial charge in [0.2, 0.25) is 0 Å². The molecule has 0 atom stereocenters. The van der Waals surface area contributed by atoms with Gasteiger partial charge in [-0.25, -0.2) is 4.79 Å². The van der Waals surface area contributed by atoms with Crippen LogP contribution in [0.3, 0.4) is 0 Å². The van der Waals surface area contributed by atoms with E-state index < -0.39 is 5.97 Å². The minimum Gasteiger partial charge on any atom is -0.478 e. The van der Waals surface area contributed by atoms with Crippen molar-refractivity contribution in [2.45, 2.75) is 6.92 Å². The second-order valence-electron chi connectivity index (χ2n) is 3.94. The lowest BCUT2D eigenvalue weighted by atomic mass is 10.3. The van der Waals surface area contributed by atoms with Gasteiger partial charge in [-0.05, 0) is 31.2 Å². The summed E-state index contributed by atoms with van der Waals surface area (Å²) in [5.74, 6) is -0.935. The van der Waals surface area contributed by atoms with Gasteiger partial charge in [0.25, 0.3) is 0 Å². The van der Waals surface area contributed by atoms with Crippen LogP contribution in [-0.4, -0.2) is 11.1 Å². The van der Waals surface area contributed by atoms with Crippen LogP contribution in [0.4, 0.5) is 11.4 Å². The fraction of sp³-hybridized carbons (Fsp3) is 0.0625. The second-order valence-corrected chi connectivity index (χ2v) is 3.94. The molecular formula is C16H17NO2. The molecule has 0 heterocycles. The molecule has 2 aromatic carbocycles. The molecular weight excluding hydrogens is 238 g/mol. The highest BCUT2D eigenvalue weighted by molar-refractivity contribution is 5.84. The molecule has 0 saturated heterocycles. The summed E-state index contributed by atoms with van der Waals surface area (Å²) in [6, 6.07) is 20.3. The van der Waals surface area contributed by atoms with Crippen molar-refractivity contribution in [2.24, 2.45) is 0 Å². The Hall–Kier alpha value is -2.55. The van der Waals surface area contributed by atoms with Gasteiger partial charge in [0.15, 0.2) is 0 Å². The van der Waals surface area contributed by atoms with Crippen LogP contribution in [-0.2, 0) is 4.79 Å². The van der Waals surface area contributed by atoms with Gasteiger partial charge in [0.05, 0.1) is 0 Å². The zero-order valence-electron chi connectivity index (χ0n) is 10.8. The molecule has 0 unspecified atom stereocenters. The number of carbonyl (C=O) groups is 1. The fourth-order valence-electron chi connectivity index (χ4n) is 1.21. The number of carboxylic acid groups (broad SMARTS) is 1. The number of nitrogens with one attached hydrogen (secondary N) is 1. The monoisotopic (exact) mass is 255 g/mol. The SMILES string of the molecule is C=C(C)C(=O)O.c1ccc(Nc2ccccc2)cc1. The first kappa shape index (κ1) is 14.5. The van der Waals surface area contributed by atoms with E-state index in [1.165, 1.54) is 6.92 Å². The summed E-state index contributed by atoms with van der Waals surface area (Å²) in [5, 5.41) is 11.2. The molecule has 0 radical (unpaired) electrons. The molecule has 19 heavy (non-hydrogen) atoms. The van der Waals surface area contributed by atoms with Crippen molar-refractivity contribution in [3.8, 4) is 0 Å². The third-order valence-electron chi connectivity index (χ3n) is 2.20. The summed E-state index contributed by atoms with van der Waals surface area (Å²) < 4.78 is 0. The van der Waals surface area contributed by atoms with Crippen LogP contribution >= 0.6 is 0 Å². The van der Waals surface area contributed by atoms with E-state index in [2.05, 4.69) is 11.9 Å². The van der Waals surface area contributed by atoms with Gasteiger partial charge in [-0.1, -0.05) is 43.0 Å². The van der Waals surface area contributed by atoms with E-state index in [4.69, 9.17) is 5.11 Å². The topological polar surface area (TPSA) is 49.3 Å². The summed E-state index contributed by atoms with van der Waals surface area (Å²) in [5.41, 5.74) is 2.41. The van der Waals surface area contributed by atoms with Crippen LogP contribution in [0.1, 0.15) is 6.92 Å². The Kier molecular flexibility index (Phi) is 5.89. The minimum atomic E-state index is -0.935. The number of carboxylic acids is 1. The highest BCUT2D eigenvalue weighted by atomic mass is 16.4. The lowest BCUT2D eigenvalue weighted by Crippen LogP contribution is -1.92. The molecule has 2 rings (SSSR count). The Morgan fingerprint density at radius 1 is 0.947 bits per heavy atom. The van der Waals surface area contributed by atoms with E-state index in [0.29, 0.717) is 0 Å². The van der Waals surface area contributed by atoms with Gasteiger partial charge < -0.3 is 10.4 Å². The molecule has 3 heteroatoms. The lowest BCUT2D eigenvalue weighted by Gasteiger charge is -2.04. The first-order valence-electron chi connectivity index (χ1n) is 5.85. The van der Waals surface area contributed by atoms with Gasteiger partial charge >= 0.3 is 5.97 Å². The summed E-state index contributed by atoms with van der Waals surface area (Å²) in [4.78, 5) is 9.60. The maximum atomic E-state index is 9.60. The Morgan fingerprint density at radius 3 is 1.53 bits per heavy atom. The number of aliphatic carboxylic acids is 1. The Balaban J connectivity index is 0.000000258. The molecule has 98 valence electrons. The summed E-state index contributed by atoms with van der Waals surface area (Å²) in [6.45, 7) is 4.60. The normalized spacial score (nSPS) is 8.89. The van der Waals surface area contributed by atoms with Crippen LogP contribution in [0.25, 0.3) is 0 Å². The predicted molar refractivity (Wildman–Crippen MR) is 78.6 cm³/mol. The highest BCUT2D eigenvalue weighted by Crippen LogP contribution is 2.14. The van der Waals surface area contributed by atoms with E-state index >= 15 is 0 Å². The van der Waals surface area contributed by atoms with E-state index in [9.17, 15) is 4.79 Å². The molecule has 0 aliphatic carbocycles. The molecule has 2 aromatic rings. The van der Waals surface area contributed by atoms with E-state index in [1.54, 1.807) is 0 Å². The molecule has 0 aliphatic heterocycles. The molecule has 3 nitrogen and oxygen atoms in total. The molecule has 0 saturated carbocycles. The van der Waals surface area contributed by atoms with Crippen molar-refractivity contribution in [1.82, 2.24) is 0 Å². The van der Waals surface area contributed by atoms with E-state index in [-0.39, 0.29) is 5.57 Å². The van der Waals surface area contributed by atoms with Crippen LogP contribution in [0, 0.1) is 0 Å². The zero-order valence-corrected chi connectivity index (χ0v) is 10.8. The summed E-state index contributed by atoms with van der Waals surface area (Å²) >= 11 is 0. The molecule has 0 amide bonds. The average Bonchev–Trinajstić information content (AvgIpc) is 2.41. The van der Waals surface area contributed by atoms with Crippen molar-refractivity contribution in [3.63, 3.8) is 0 Å². The molecule has 0 spiro atoms. The van der Waals surface area contributed by atoms with Crippen LogP contribution in [0.15, 0.2) is 72.8 Å². The smallest absolute Gasteiger partial charge is 0.330 e. The summed E-state index contributed by atoms with van der Waals surface area (Å²) in [6.07, 6.45) is 0. The van der Waals surface area contributed by atoms with Crippen molar-refractivity contribution < 1.29 is 9.90 Å². The minimum absolute atomic E-state index is 0.176. The average molecular weight is 255 g/mol. The maximum absolute atomic E-state index is 9.60. The van der Waals surface area contributed by atoms with Crippen LogP contribution < -0.4 is 5.32 Å². The van der Waals surface area contributed by atoms with Gasteiger partial charge in [-0.2, -0.15) is 0 Å². The Bertz CT molecular complexity index is 471. The number of rotatable bonds is 3. The summed E-state index contributed by atoms with van der Waals surface area (Å²) in [7, 11) is 0. The first-order chi connectivity index (χ1) is 9.09. The van der Waals surface area contributed by atoms with Crippen molar-refractivity contribution >= 4 is 17.3 Å². The molecule has 0 aliphatic rings. The first-order valence-corrected chi connectivity index (χ1v) is 5.85. The molecule has 0 aromatic heterocycles. The van der Waals surface area contributed by atoms with Gasteiger partial charge in [0, 0.05) is 16.9 Å². The number of para-hydroxylation sites is 2. The third-order valence-corrected chi connectivity index (χ3v) is 2.20. The second kappa shape index (κ2) is 7.71. The number of anilines is 2. The number of benzene rings is 2. The van der Waals surface area contributed by atoms with Crippen molar-refractivity contribution in [3.05, 3.63) is 72.8 Å². The van der Waals surface area contributed by atoms with Crippen molar-refractivity contribution in [2.75, 3.05) is 5.32 Å². The van der Waals surface area contributed by atoms with Gasteiger partial charge in [-0.15, -0.1) is 0 Å². The molecule has 0 fully saturated rings. The largest absolute Gasteiger partial charge is 0.478 e. The quantitative estimate of drug-likeness (QED) is 0.812. The van der Waals surface area contributed by atoms with Crippen LogP contribution in [0.5, 0.6) is 0 Å². The Morgan fingerprint density at radius 2 is 1.26 bits per heavy atom. The van der Waals surface area contributed by atoms with Gasteiger partial charge in [0.1, 0.15) is 0 Å². The Labute approximate surface area is 113 Å². The van der Waals surface area contributed by atoms with Gasteiger partial charge in [-0.3, -0.25) is 0 Å². The standard InChI is InChI=1S/C12H11N.C4H6O2/c1-3-7-11(8-4-1)13-12-9-5-2-6-10-12;1-3(2)4(5)6/h1-10,13H;1H2,2H3,(H,5,6). The lowest BCUT2D eigenvalue weighted by molar-refractivity contribution is -0.132. The van der Waals surface area contributed by atoms with E-state index in [1.807, 2.05) is 60.7 Å². The highest BCUT2D eigenvalue weighted by Gasteiger charge is 1.90. The van der Waals surface area contributed by atoms with E-state index in [0.717, 1.165) is 11.4 Å². The molecule has 2 N–H and O–H groups in total. The third kappa shape index (κ3) is 6.07.